The molecule has 2 bridgehead atoms. The van der Waals surface area contributed by atoms with Crippen LogP contribution in [-0.2, 0) is 0 Å². The molecule has 2 aliphatic carbocycles. The van der Waals surface area contributed by atoms with Crippen molar-refractivity contribution in [3.63, 3.8) is 0 Å². The number of anilines is 2. The number of carboxylic acid groups (broad SMARTS) is 1. The highest BCUT2D eigenvalue weighted by atomic mass is 16.4. The van der Waals surface area contributed by atoms with Gasteiger partial charge in [-0.2, -0.15) is 0 Å². The minimum Gasteiger partial charge on any atom is -0.477 e. The molecule has 0 radical (unpaired) electrons. The highest BCUT2D eigenvalue weighted by Crippen LogP contribution is 2.48. The average molecular weight is 261 g/mol. The zero-order valence-electron chi connectivity index (χ0n) is 10.8. The lowest BCUT2D eigenvalue weighted by Crippen LogP contribution is -2.21. The number of carbonyl (C=O) groups is 1. The molecule has 0 amide bonds. The molecule has 19 heavy (non-hydrogen) atoms. The third-order valence-corrected chi connectivity index (χ3v) is 4.56. The first-order valence-electron chi connectivity index (χ1n) is 6.87. The van der Waals surface area contributed by atoms with E-state index in [1.165, 1.54) is 31.7 Å². The topological polar surface area (TPSA) is 88.2 Å². The van der Waals surface area contributed by atoms with E-state index in [0.717, 1.165) is 18.4 Å². The van der Waals surface area contributed by atoms with Crippen LogP contribution >= 0.6 is 0 Å². The molecule has 2 aliphatic rings. The smallest absolute Gasteiger partial charge is 0.354 e. The maximum atomic E-state index is 10.9. The van der Waals surface area contributed by atoms with Gasteiger partial charge in [-0.15, -0.1) is 0 Å². The standard InChI is InChI=1S/C14H19N3O2/c15-11-3-4-12(14(18)19)17-13(11)16-7-10-6-8-1-2-9(10)5-8/h3-4,8-10H,1-2,5-7,15H2,(H,16,17)(H,18,19). The van der Waals surface area contributed by atoms with Gasteiger partial charge in [0.15, 0.2) is 5.69 Å². The number of nitrogens with two attached hydrogens (primary N) is 1. The van der Waals surface area contributed by atoms with Gasteiger partial charge in [-0.25, -0.2) is 9.78 Å². The van der Waals surface area contributed by atoms with Crippen LogP contribution in [0.15, 0.2) is 12.1 Å². The summed E-state index contributed by atoms with van der Waals surface area (Å²) < 4.78 is 0. The number of nitrogens with one attached hydrogen (secondary N) is 1. The fraction of sp³-hybridized carbons (Fsp3) is 0.571. The number of aromatic nitrogens is 1. The van der Waals surface area contributed by atoms with Crippen LogP contribution < -0.4 is 11.1 Å². The third kappa shape index (κ3) is 2.37. The van der Waals surface area contributed by atoms with Crippen molar-refractivity contribution in [3.05, 3.63) is 17.8 Å². The minimum atomic E-state index is -1.03. The average Bonchev–Trinajstić information content (AvgIpc) is 2.99. The van der Waals surface area contributed by atoms with Crippen molar-refractivity contribution in [2.24, 2.45) is 17.8 Å². The number of pyridine rings is 1. The molecule has 1 aromatic rings. The van der Waals surface area contributed by atoms with Crippen molar-refractivity contribution in [2.75, 3.05) is 17.6 Å². The van der Waals surface area contributed by atoms with Gasteiger partial charge >= 0.3 is 5.97 Å². The zero-order valence-corrected chi connectivity index (χ0v) is 10.8. The van der Waals surface area contributed by atoms with Crippen LogP contribution in [0.2, 0.25) is 0 Å². The number of carboxylic acids is 1. The molecule has 3 rings (SSSR count). The summed E-state index contributed by atoms with van der Waals surface area (Å²) in [5, 5.41) is 12.2. The number of nitrogens with zero attached hydrogens (tertiary/aromatic N) is 1. The molecule has 5 heteroatoms. The zero-order chi connectivity index (χ0) is 13.4. The Hall–Kier alpha value is -1.78. The summed E-state index contributed by atoms with van der Waals surface area (Å²) in [6, 6.07) is 3.03. The molecule has 0 aromatic carbocycles. The first-order valence-corrected chi connectivity index (χ1v) is 6.87. The van der Waals surface area contributed by atoms with Crippen LogP contribution in [0.5, 0.6) is 0 Å². The maximum absolute atomic E-state index is 10.9. The van der Waals surface area contributed by atoms with Crippen molar-refractivity contribution in [1.29, 1.82) is 0 Å². The third-order valence-electron chi connectivity index (χ3n) is 4.56. The van der Waals surface area contributed by atoms with Crippen LogP contribution in [0.25, 0.3) is 0 Å². The summed E-state index contributed by atoms with van der Waals surface area (Å²) in [7, 11) is 0. The van der Waals surface area contributed by atoms with E-state index in [0.29, 0.717) is 17.4 Å². The number of nitrogen functional groups attached to an aromatic ring is 1. The summed E-state index contributed by atoms with van der Waals surface area (Å²) in [6.07, 6.45) is 5.38. The lowest BCUT2D eigenvalue weighted by Gasteiger charge is -2.22. The SMILES string of the molecule is Nc1ccc(C(=O)O)nc1NCC1CC2CCC1C2. The van der Waals surface area contributed by atoms with Gasteiger partial charge in [0, 0.05) is 6.54 Å². The second-order valence-electron chi connectivity index (χ2n) is 5.76. The largest absolute Gasteiger partial charge is 0.477 e. The highest BCUT2D eigenvalue weighted by Gasteiger charge is 2.39. The van der Waals surface area contributed by atoms with Gasteiger partial charge in [0.2, 0.25) is 0 Å². The van der Waals surface area contributed by atoms with Gasteiger partial charge in [-0.05, 0) is 49.1 Å². The molecule has 1 heterocycles. The molecule has 4 N–H and O–H groups in total. The first-order chi connectivity index (χ1) is 9.13. The summed E-state index contributed by atoms with van der Waals surface area (Å²) in [4.78, 5) is 15.0. The maximum Gasteiger partial charge on any atom is 0.354 e. The van der Waals surface area contributed by atoms with E-state index in [-0.39, 0.29) is 5.69 Å². The fourth-order valence-corrected chi connectivity index (χ4v) is 3.58. The quantitative estimate of drug-likeness (QED) is 0.773. The van der Waals surface area contributed by atoms with Crippen molar-refractivity contribution >= 4 is 17.5 Å². The van der Waals surface area contributed by atoms with E-state index in [1.54, 1.807) is 6.07 Å². The van der Waals surface area contributed by atoms with E-state index >= 15 is 0 Å². The second-order valence-corrected chi connectivity index (χ2v) is 5.76. The Morgan fingerprint density at radius 2 is 2.26 bits per heavy atom. The fourth-order valence-electron chi connectivity index (χ4n) is 3.58. The highest BCUT2D eigenvalue weighted by molar-refractivity contribution is 5.86. The summed E-state index contributed by atoms with van der Waals surface area (Å²) >= 11 is 0. The number of hydrogen-bond donors (Lipinski definition) is 3. The molecule has 0 saturated heterocycles. The minimum absolute atomic E-state index is 0.0321. The summed E-state index contributed by atoms with van der Waals surface area (Å²) in [5.74, 6) is 1.91. The molecule has 5 nitrogen and oxygen atoms in total. The van der Waals surface area contributed by atoms with Crippen LogP contribution in [-0.4, -0.2) is 22.6 Å². The van der Waals surface area contributed by atoms with Gasteiger partial charge in [0.25, 0.3) is 0 Å². The van der Waals surface area contributed by atoms with Gasteiger partial charge in [-0.3, -0.25) is 0 Å². The van der Waals surface area contributed by atoms with E-state index in [2.05, 4.69) is 10.3 Å². The van der Waals surface area contributed by atoms with E-state index in [9.17, 15) is 4.79 Å². The van der Waals surface area contributed by atoms with Gasteiger partial charge in [0.05, 0.1) is 5.69 Å². The van der Waals surface area contributed by atoms with Crippen molar-refractivity contribution in [1.82, 2.24) is 4.98 Å². The number of rotatable bonds is 4. The molecule has 0 aliphatic heterocycles. The Morgan fingerprint density at radius 3 is 2.89 bits per heavy atom. The molecule has 1 aromatic heterocycles. The normalized spacial score (nSPS) is 28.5. The van der Waals surface area contributed by atoms with Gasteiger partial charge in [-0.1, -0.05) is 6.42 Å². The lowest BCUT2D eigenvalue weighted by molar-refractivity contribution is 0.0690. The molecule has 3 atom stereocenters. The second kappa shape index (κ2) is 4.72. The Morgan fingerprint density at radius 1 is 1.42 bits per heavy atom. The predicted molar refractivity (Wildman–Crippen MR) is 73.0 cm³/mol. The van der Waals surface area contributed by atoms with Gasteiger partial charge in [0.1, 0.15) is 5.82 Å². The Kier molecular flexibility index (Phi) is 3.05. The number of aromatic carboxylic acids is 1. The number of hydrogen-bond acceptors (Lipinski definition) is 4. The molecule has 102 valence electrons. The number of fused-ring (bicyclic) bond motifs is 2. The van der Waals surface area contributed by atoms with Crippen molar-refractivity contribution in [2.45, 2.75) is 25.7 Å². The Balaban J connectivity index is 1.66. The molecule has 0 spiro atoms. The van der Waals surface area contributed by atoms with Crippen LogP contribution in [0.4, 0.5) is 11.5 Å². The van der Waals surface area contributed by atoms with Crippen molar-refractivity contribution in [3.8, 4) is 0 Å². The lowest BCUT2D eigenvalue weighted by atomic mass is 9.89. The van der Waals surface area contributed by atoms with E-state index in [1.807, 2.05) is 0 Å². The monoisotopic (exact) mass is 261 g/mol. The van der Waals surface area contributed by atoms with E-state index in [4.69, 9.17) is 10.8 Å². The van der Waals surface area contributed by atoms with Crippen LogP contribution in [0, 0.1) is 17.8 Å². The molecular formula is C14H19N3O2. The van der Waals surface area contributed by atoms with Crippen molar-refractivity contribution < 1.29 is 9.90 Å². The first kappa shape index (κ1) is 12.3. The molecular weight excluding hydrogens is 242 g/mol. The van der Waals surface area contributed by atoms with Crippen LogP contribution in [0.3, 0.4) is 0 Å². The summed E-state index contributed by atoms with van der Waals surface area (Å²) in [6.45, 7) is 0.849. The van der Waals surface area contributed by atoms with Gasteiger partial charge < -0.3 is 16.2 Å². The summed E-state index contributed by atoms with van der Waals surface area (Å²) in [5.41, 5.74) is 6.37. The molecule has 2 fully saturated rings. The van der Waals surface area contributed by atoms with Crippen LogP contribution in [0.1, 0.15) is 36.2 Å². The molecule has 2 saturated carbocycles. The Bertz CT molecular complexity index is 503. The Labute approximate surface area is 112 Å². The van der Waals surface area contributed by atoms with E-state index < -0.39 is 5.97 Å². The molecule has 3 unspecified atom stereocenters. The predicted octanol–water partition coefficient (Wildman–Crippen LogP) is 2.21.